The van der Waals surface area contributed by atoms with Crippen LogP contribution in [0.1, 0.15) is 57.0 Å². The zero-order valence-electron chi connectivity index (χ0n) is 16.6. The lowest BCUT2D eigenvalue weighted by Crippen LogP contribution is -2.41. The van der Waals surface area contributed by atoms with Gasteiger partial charge in [-0.15, -0.1) is 0 Å². The lowest BCUT2D eigenvalue weighted by Gasteiger charge is -2.32. The van der Waals surface area contributed by atoms with Gasteiger partial charge >= 0.3 is 7.12 Å². The SMILES string of the molecule is Cc1c(B2OC(C)(C)C(C)(C)O2)cc2c(c1F)OCC[C@H](C)N(C)C2=O. The molecule has 0 spiro atoms. The van der Waals surface area contributed by atoms with Gasteiger partial charge in [0.05, 0.1) is 23.4 Å². The fraction of sp³-hybridized carbons (Fsp3) is 0.632. The third-order valence-corrected chi connectivity index (χ3v) is 6.01. The third kappa shape index (κ3) is 2.91. The number of nitrogens with zero attached hydrogens (tertiary/aromatic N) is 1. The standard InChI is InChI=1S/C19H27BFNO4/c1-11-8-9-24-16-13(17(23)22(11)7)10-14(12(2)15(16)21)20-25-18(3,4)19(5,6)26-20/h10-11H,8-9H2,1-7H3/t11-/m0/s1. The molecule has 1 aromatic carbocycles. The van der Waals surface area contributed by atoms with E-state index in [0.29, 0.717) is 24.1 Å². The summed E-state index contributed by atoms with van der Waals surface area (Å²) in [5.74, 6) is -0.765. The molecule has 2 heterocycles. The average Bonchev–Trinajstić information content (AvgIpc) is 2.76. The Kier molecular flexibility index (Phi) is 4.60. The summed E-state index contributed by atoms with van der Waals surface area (Å²) in [4.78, 5) is 14.5. The predicted molar refractivity (Wildman–Crippen MR) is 98.5 cm³/mol. The highest BCUT2D eigenvalue weighted by Crippen LogP contribution is 2.38. The second-order valence-electron chi connectivity index (χ2n) is 8.27. The summed E-state index contributed by atoms with van der Waals surface area (Å²) >= 11 is 0. The molecule has 0 saturated carbocycles. The number of benzene rings is 1. The molecule has 2 aliphatic heterocycles. The maximum absolute atomic E-state index is 15.1. The van der Waals surface area contributed by atoms with Crippen LogP contribution in [0.15, 0.2) is 6.07 Å². The van der Waals surface area contributed by atoms with Gasteiger partial charge in [0, 0.05) is 19.5 Å². The molecule has 1 fully saturated rings. The van der Waals surface area contributed by atoms with Gasteiger partial charge < -0.3 is 18.9 Å². The smallest absolute Gasteiger partial charge is 0.490 e. The highest BCUT2D eigenvalue weighted by atomic mass is 19.1. The molecule has 0 N–H and O–H groups in total. The van der Waals surface area contributed by atoms with E-state index in [2.05, 4.69) is 0 Å². The number of ether oxygens (including phenoxy) is 1. The fourth-order valence-corrected chi connectivity index (χ4v) is 3.17. The van der Waals surface area contributed by atoms with Crippen molar-refractivity contribution >= 4 is 18.5 Å². The fourth-order valence-electron chi connectivity index (χ4n) is 3.17. The van der Waals surface area contributed by atoms with Gasteiger partial charge in [-0.1, -0.05) is 0 Å². The Balaban J connectivity index is 2.10. The predicted octanol–water partition coefficient (Wildman–Crippen LogP) is 2.68. The van der Waals surface area contributed by atoms with E-state index in [1.165, 1.54) is 0 Å². The summed E-state index contributed by atoms with van der Waals surface area (Å²) in [6, 6.07) is 1.67. The minimum atomic E-state index is -0.735. The van der Waals surface area contributed by atoms with E-state index in [1.807, 2.05) is 34.6 Å². The van der Waals surface area contributed by atoms with Crippen LogP contribution in [0.4, 0.5) is 4.39 Å². The molecular formula is C19H27BFNO4. The van der Waals surface area contributed by atoms with Crippen LogP contribution >= 0.6 is 0 Å². The minimum Gasteiger partial charge on any atom is -0.490 e. The quantitative estimate of drug-likeness (QED) is 0.720. The summed E-state index contributed by atoms with van der Waals surface area (Å²) in [5, 5.41) is 0. The number of fused-ring (bicyclic) bond motifs is 1. The van der Waals surface area contributed by atoms with Crippen molar-refractivity contribution in [1.29, 1.82) is 0 Å². The van der Waals surface area contributed by atoms with Crippen molar-refractivity contribution in [1.82, 2.24) is 4.90 Å². The van der Waals surface area contributed by atoms with E-state index in [9.17, 15) is 4.79 Å². The lowest BCUT2D eigenvalue weighted by atomic mass is 9.75. The first-order valence-electron chi connectivity index (χ1n) is 9.05. The van der Waals surface area contributed by atoms with Crippen LogP contribution in [-0.4, -0.2) is 48.8 Å². The van der Waals surface area contributed by atoms with E-state index < -0.39 is 24.1 Å². The largest absolute Gasteiger partial charge is 0.495 e. The van der Waals surface area contributed by atoms with Crippen molar-refractivity contribution in [2.45, 2.75) is 65.2 Å². The molecule has 0 bridgehead atoms. The van der Waals surface area contributed by atoms with Crippen molar-refractivity contribution in [3.8, 4) is 5.75 Å². The Morgan fingerprint density at radius 2 is 1.81 bits per heavy atom. The van der Waals surface area contributed by atoms with Crippen LogP contribution < -0.4 is 10.2 Å². The number of carbonyl (C=O) groups excluding carboxylic acids is 1. The number of carbonyl (C=O) groups is 1. The zero-order chi connectivity index (χ0) is 19.4. The van der Waals surface area contributed by atoms with Crippen molar-refractivity contribution in [3.63, 3.8) is 0 Å². The zero-order valence-corrected chi connectivity index (χ0v) is 16.6. The van der Waals surface area contributed by atoms with Crippen molar-refractivity contribution < 1.29 is 23.2 Å². The van der Waals surface area contributed by atoms with E-state index in [1.54, 1.807) is 24.9 Å². The van der Waals surface area contributed by atoms with Crippen LogP contribution in [0, 0.1) is 12.7 Å². The molecule has 1 atom stereocenters. The Labute approximate surface area is 154 Å². The van der Waals surface area contributed by atoms with Crippen LogP contribution in [0.25, 0.3) is 0 Å². The molecule has 0 aromatic heterocycles. The molecule has 1 amide bonds. The van der Waals surface area contributed by atoms with Crippen molar-refractivity contribution in [3.05, 3.63) is 23.0 Å². The van der Waals surface area contributed by atoms with Crippen LogP contribution in [-0.2, 0) is 9.31 Å². The van der Waals surface area contributed by atoms with Gasteiger partial charge in [-0.2, -0.15) is 0 Å². The van der Waals surface area contributed by atoms with Crippen LogP contribution in [0.2, 0.25) is 0 Å². The van der Waals surface area contributed by atoms with E-state index in [-0.39, 0.29) is 23.3 Å². The average molecular weight is 363 g/mol. The Bertz CT molecular complexity index is 734. The highest BCUT2D eigenvalue weighted by molar-refractivity contribution is 6.62. The molecule has 3 rings (SSSR count). The van der Waals surface area contributed by atoms with E-state index >= 15 is 4.39 Å². The molecule has 26 heavy (non-hydrogen) atoms. The molecular weight excluding hydrogens is 336 g/mol. The van der Waals surface area contributed by atoms with E-state index in [4.69, 9.17) is 14.0 Å². The first-order chi connectivity index (χ1) is 12.0. The van der Waals surface area contributed by atoms with Gasteiger partial charge in [-0.05, 0) is 58.6 Å². The monoisotopic (exact) mass is 363 g/mol. The topological polar surface area (TPSA) is 48.0 Å². The van der Waals surface area contributed by atoms with Crippen LogP contribution in [0.5, 0.6) is 5.75 Å². The maximum atomic E-state index is 15.1. The minimum absolute atomic E-state index is 0.0142. The summed E-state index contributed by atoms with van der Waals surface area (Å²) in [6.45, 7) is 11.7. The molecule has 0 unspecified atom stereocenters. The molecule has 1 aromatic rings. The van der Waals surface area contributed by atoms with Gasteiger partial charge in [-0.25, -0.2) is 4.39 Å². The second kappa shape index (κ2) is 6.24. The van der Waals surface area contributed by atoms with Gasteiger partial charge in [0.2, 0.25) is 0 Å². The van der Waals surface area contributed by atoms with E-state index in [0.717, 1.165) is 0 Å². The number of hydrogen-bond donors (Lipinski definition) is 0. The third-order valence-electron chi connectivity index (χ3n) is 6.01. The Morgan fingerprint density at radius 3 is 2.38 bits per heavy atom. The summed E-state index contributed by atoms with van der Waals surface area (Å²) < 4.78 is 32.8. The summed E-state index contributed by atoms with van der Waals surface area (Å²) in [5.41, 5.74) is 0.0320. The first-order valence-corrected chi connectivity index (χ1v) is 9.05. The molecule has 142 valence electrons. The normalized spacial score (nSPS) is 24.8. The number of rotatable bonds is 1. The maximum Gasteiger partial charge on any atom is 0.495 e. The number of halogens is 1. The summed E-state index contributed by atoms with van der Waals surface area (Å²) in [6.07, 6.45) is 0.652. The number of amides is 1. The molecule has 2 aliphatic rings. The van der Waals surface area contributed by atoms with Gasteiger partial charge in [0.1, 0.15) is 0 Å². The second-order valence-corrected chi connectivity index (χ2v) is 8.27. The molecule has 1 saturated heterocycles. The molecule has 5 nitrogen and oxygen atoms in total. The van der Waals surface area contributed by atoms with Gasteiger partial charge in [0.25, 0.3) is 5.91 Å². The first kappa shape index (κ1) is 19.2. The van der Waals surface area contributed by atoms with Crippen LogP contribution in [0.3, 0.4) is 0 Å². The number of hydrogen-bond acceptors (Lipinski definition) is 4. The van der Waals surface area contributed by atoms with Gasteiger partial charge in [0.15, 0.2) is 11.6 Å². The highest BCUT2D eigenvalue weighted by Gasteiger charge is 2.52. The molecule has 0 radical (unpaired) electrons. The van der Waals surface area contributed by atoms with Crippen molar-refractivity contribution in [2.75, 3.05) is 13.7 Å². The molecule has 0 aliphatic carbocycles. The lowest BCUT2D eigenvalue weighted by molar-refractivity contribution is 0.00578. The van der Waals surface area contributed by atoms with Gasteiger partial charge in [-0.3, -0.25) is 4.79 Å². The van der Waals surface area contributed by atoms with Crippen molar-refractivity contribution in [2.24, 2.45) is 0 Å². The Hall–Kier alpha value is -1.60. The summed E-state index contributed by atoms with van der Waals surface area (Å²) in [7, 11) is 0.995. The molecule has 7 heteroatoms. The Morgan fingerprint density at radius 1 is 1.23 bits per heavy atom.